The lowest BCUT2D eigenvalue weighted by atomic mass is 10.0. The van der Waals surface area contributed by atoms with E-state index in [2.05, 4.69) is 17.3 Å². The minimum Gasteiger partial charge on any atom is -0.493 e. The molecule has 1 N–H and O–H groups in total. The van der Waals surface area contributed by atoms with Gasteiger partial charge in [0.25, 0.3) is 5.91 Å². The van der Waals surface area contributed by atoms with Crippen LogP contribution in [0.4, 0.5) is 0 Å². The van der Waals surface area contributed by atoms with Gasteiger partial charge in [-0.25, -0.2) is 0 Å². The summed E-state index contributed by atoms with van der Waals surface area (Å²) in [6.07, 6.45) is 4.05. The lowest BCUT2D eigenvalue weighted by Crippen LogP contribution is -2.47. The number of nitrogens with zero attached hydrogens (tertiary/aromatic N) is 1. The molecule has 1 fully saturated rings. The quantitative estimate of drug-likeness (QED) is 0.923. The normalized spacial score (nSPS) is 21.4. The summed E-state index contributed by atoms with van der Waals surface area (Å²) in [6, 6.07) is 5.90. The van der Waals surface area contributed by atoms with Crippen LogP contribution in [0.5, 0.6) is 11.5 Å². The summed E-state index contributed by atoms with van der Waals surface area (Å²) in [7, 11) is 3.70. The number of likely N-dealkylation sites (N-methyl/N-ethyl adjacent to an activating group) is 1. The van der Waals surface area contributed by atoms with Crippen LogP contribution in [0.1, 0.15) is 18.4 Å². The van der Waals surface area contributed by atoms with Crippen molar-refractivity contribution >= 4 is 12.0 Å². The van der Waals surface area contributed by atoms with E-state index in [-0.39, 0.29) is 18.6 Å². The average molecular weight is 302 g/mol. The van der Waals surface area contributed by atoms with Gasteiger partial charge in [-0.2, -0.15) is 0 Å². The number of para-hydroxylation sites is 1. The number of likely N-dealkylation sites (tertiary alicyclic amines) is 1. The molecular weight excluding hydrogens is 280 g/mol. The van der Waals surface area contributed by atoms with Crippen LogP contribution in [0.25, 0.3) is 6.08 Å². The number of hydrogen-bond donors (Lipinski definition) is 1. The smallest absolute Gasteiger partial charge is 0.250 e. The van der Waals surface area contributed by atoms with Crippen LogP contribution in [0.2, 0.25) is 0 Å². The largest absolute Gasteiger partial charge is 0.493 e. The Balaban J connectivity index is 1.72. The Hall–Kier alpha value is -2.01. The molecule has 0 saturated carbocycles. The van der Waals surface area contributed by atoms with Gasteiger partial charge in [0, 0.05) is 18.2 Å². The zero-order valence-electron chi connectivity index (χ0n) is 13.1. The first kappa shape index (κ1) is 14.9. The molecule has 0 aliphatic carbocycles. The first-order chi connectivity index (χ1) is 10.7. The second-order valence-electron chi connectivity index (χ2n) is 5.91. The fourth-order valence-corrected chi connectivity index (χ4v) is 3.03. The number of ether oxygens (including phenoxy) is 2. The lowest BCUT2D eigenvalue weighted by Gasteiger charge is -2.30. The Labute approximate surface area is 130 Å². The molecule has 0 aromatic heterocycles. The maximum Gasteiger partial charge on any atom is 0.250 e. The third-order valence-electron chi connectivity index (χ3n) is 4.18. The zero-order valence-corrected chi connectivity index (χ0v) is 13.1. The van der Waals surface area contributed by atoms with Crippen molar-refractivity contribution in [3.05, 3.63) is 29.3 Å². The Morgan fingerprint density at radius 3 is 3.09 bits per heavy atom. The van der Waals surface area contributed by atoms with Gasteiger partial charge in [-0.05, 0) is 38.6 Å². The number of methoxy groups -OCH3 is 1. The molecular formula is C17H22N2O3. The van der Waals surface area contributed by atoms with Crippen molar-refractivity contribution in [2.24, 2.45) is 0 Å². The van der Waals surface area contributed by atoms with E-state index in [1.165, 1.54) is 0 Å². The number of amides is 1. The number of carbonyl (C=O) groups is 1. The summed E-state index contributed by atoms with van der Waals surface area (Å²) in [5.41, 5.74) is 1.55. The number of piperidine rings is 1. The summed E-state index contributed by atoms with van der Waals surface area (Å²) in [5.74, 6) is 1.37. The molecule has 118 valence electrons. The molecule has 1 unspecified atom stereocenters. The van der Waals surface area contributed by atoms with E-state index in [0.717, 1.165) is 31.5 Å². The van der Waals surface area contributed by atoms with E-state index < -0.39 is 0 Å². The van der Waals surface area contributed by atoms with Crippen LogP contribution in [-0.4, -0.2) is 50.7 Å². The van der Waals surface area contributed by atoms with Gasteiger partial charge in [-0.1, -0.05) is 12.1 Å². The highest BCUT2D eigenvalue weighted by Crippen LogP contribution is 2.35. The lowest BCUT2D eigenvalue weighted by molar-refractivity contribution is -0.118. The van der Waals surface area contributed by atoms with Crippen molar-refractivity contribution in [3.63, 3.8) is 0 Å². The van der Waals surface area contributed by atoms with Gasteiger partial charge in [-0.3, -0.25) is 4.79 Å². The van der Waals surface area contributed by atoms with Crippen molar-refractivity contribution in [2.45, 2.75) is 18.9 Å². The second-order valence-corrected chi connectivity index (χ2v) is 5.91. The minimum atomic E-state index is -0.0335. The van der Waals surface area contributed by atoms with Crippen LogP contribution >= 0.6 is 0 Å². The summed E-state index contributed by atoms with van der Waals surface area (Å²) < 4.78 is 11.0. The van der Waals surface area contributed by atoms with Crippen molar-refractivity contribution in [1.29, 1.82) is 0 Å². The van der Waals surface area contributed by atoms with Gasteiger partial charge in [0.2, 0.25) is 0 Å². The monoisotopic (exact) mass is 302 g/mol. The summed E-state index contributed by atoms with van der Waals surface area (Å²) in [6.45, 7) is 2.29. The van der Waals surface area contributed by atoms with Gasteiger partial charge < -0.3 is 19.7 Å². The van der Waals surface area contributed by atoms with E-state index >= 15 is 0 Å². The fourth-order valence-electron chi connectivity index (χ4n) is 3.03. The summed E-state index contributed by atoms with van der Waals surface area (Å²) in [4.78, 5) is 14.7. The molecule has 2 aliphatic heterocycles. The van der Waals surface area contributed by atoms with Crippen LogP contribution in [0.15, 0.2) is 23.8 Å². The molecule has 5 heteroatoms. The summed E-state index contributed by atoms with van der Waals surface area (Å²) in [5, 5.41) is 3.12. The number of rotatable bonds is 3. The van der Waals surface area contributed by atoms with Crippen molar-refractivity contribution in [2.75, 3.05) is 33.9 Å². The molecule has 1 amide bonds. The molecule has 0 spiro atoms. The van der Waals surface area contributed by atoms with Crippen LogP contribution in [0, 0.1) is 0 Å². The molecule has 0 radical (unpaired) electrons. The summed E-state index contributed by atoms with van der Waals surface area (Å²) >= 11 is 0. The zero-order chi connectivity index (χ0) is 15.5. The van der Waals surface area contributed by atoms with Crippen LogP contribution < -0.4 is 14.8 Å². The maximum atomic E-state index is 12.4. The molecule has 1 aromatic carbocycles. The molecule has 2 heterocycles. The van der Waals surface area contributed by atoms with E-state index in [9.17, 15) is 4.79 Å². The van der Waals surface area contributed by atoms with Crippen LogP contribution in [0.3, 0.4) is 0 Å². The first-order valence-electron chi connectivity index (χ1n) is 7.67. The highest BCUT2D eigenvalue weighted by Gasteiger charge is 2.23. The van der Waals surface area contributed by atoms with Gasteiger partial charge in [0.15, 0.2) is 11.5 Å². The third-order valence-corrected chi connectivity index (χ3v) is 4.18. The standard InChI is InChI=1S/C17H22N2O3/c1-19-8-4-6-14(10-19)18-17(20)13-9-12-5-3-7-15(21-2)16(12)22-11-13/h3,5,7,9,14H,4,6,8,10-11H2,1-2H3,(H,18,20). The van der Waals surface area contributed by atoms with E-state index in [0.29, 0.717) is 17.1 Å². The number of nitrogens with one attached hydrogen (secondary N) is 1. The Bertz CT molecular complexity index is 598. The number of fused-ring (bicyclic) bond motifs is 1. The van der Waals surface area contributed by atoms with Crippen molar-refractivity contribution < 1.29 is 14.3 Å². The molecule has 1 atom stereocenters. The first-order valence-corrected chi connectivity index (χ1v) is 7.67. The SMILES string of the molecule is COc1cccc2c1OCC(C(=O)NC1CCCN(C)C1)=C2. The highest BCUT2D eigenvalue weighted by atomic mass is 16.5. The molecule has 1 aromatic rings. The van der Waals surface area contributed by atoms with E-state index in [1.54, 1.807) is 7.11 Å². The molecule has 3 rings (SSSR count). The molecule has 5 nitrogen and oxygen atoms in total. The van der Waals surface area contributed by atoms with Gasteiger partial charge in [0.05, 0.1) is 12.7 Å². The van der Waals surface area contributed by atoms with Crippen molar-refractivity contribution in [3.8, 4) is 11.5 Å². The van der Waals surface area contributed by atoms with Gasteiger partial charge >= 0.3 is 0 Å². The fraction of sp³-hybridized carbons (Fsp3) is 0.471. The Morgan fingerprint density at radius 2 is 2.32 bits per heavy atom. The second kappa shape index (κ2) is 6.40. The topological polar surface area (TPSA) is 50.8 Å². The number of hydrogen-bond acceptors (Lipinski definition) is 4. The molecule has 1 saturated heterocycles. The highest BCUT2D eigenvalue weighted by molar-refractivity contribution is 5.99. The molecule has 22 heavy (non-hydrogen) atoms. The van der Waals surface area contributed by atoms with Gasteiger partial charge in [-0.15, -0.1) is 0 Å². The average Bonchev–Trinajstić information content (AvgIpc) is 2.53. The Morgan fingerprint density at radius 1 is 1.45 bits per heavy atom. The third kappa shape index (κ3) is 3.09. The predicted octanol–water partition coefficient (Wildman–Crippen LogP) is 1.68. The number of benzene rings is 1. The maximum absolute atomic E-state index is 12.4. The minimum absolute atomic E-state index is 0.0335. The van der Waals surface area contributed by atoms with Gasteiger partial charge in [0.1, 0.15) is 6.61 Å². The number of carbonyl (C=O) groups excluding carboxylic acids is 1. The molecule has 2 aliphatic rings. The van der Waals surface area contributed by atoms with Crippen molar-refractivity contribution in [1.82, 2.24) is 10.2 Å². The molecule has 0 bridgehead atoms. The Kier molecular flexibility index (Phi) is 4.34. The van der Waals surface area contributed by atoms with E-state index in [4.69, 9.17) is 9.47 Å². The van der Waals surface area contributed by atoms with Crippen LogP contribution in [-0.2, 0) is 4.79 Å². The predicted molar refractivity (Wildman–Crippen MR) is 85.1 cm³/mol. The van der Waals surface area contributed by atoms with E-state index in [1.807, 2.05) is 24.3 Å².